The lowest BCUT2D eigenvalue weighted by Crippen LogP contribution is -2.09. The second kappa shape index (κ2) is 5.24. The summed E-state index contributed by atoms with van der Waals surface area (Å²) in [6, 6.07) is 4.10. The summed E-state index contributed by atoms with van der Waals surface area (Å²) in [6.45, 7) is 6.73. The fraction of sp³-hybridized carbons (Fsp3) is 0.375. The van der Waals surface area contributed by atoms with Crippen LogP contribution in [-0.2, 0) is 11.2 Å². The summed E-state index contributed by atoms with van der Waals surface area (Å²) in [5, 5.41) is 7.18. The van der Waals surface area contributed by atoms with Crippen molar-refractivity contribution in [3.05, 3.63) is 34.5 Å². The molecule has 1 aromatic heterocycles. The van der Waals surface area contributed by atoms with E-state index in [1.807, 2.05) is 19.9 Å². The molecule has 0 amide bonds. The lowest BCUT2D eigenvalue weighted by atomic mass is 9.98. The molecule has 0 radical (unpaired) electrons. The molecule has 21 heavy (non-hydrogen) atoms. The second-order valence-electron chi connectivity index (χ2n) is 5.20. The first-order chi connectivity index (χ1) is 10.1. The number of aromatic amines is 1. The Balaban J connectivity index is 2.16. The highest BCUT2D eigenvalue weighted by Gasteiger charge is 2.26. The highest BCUT2D eigenvalue weighted by Crippen LogP contribution is 2.38. The number of hydrogen-bond donors (Lipinski definition) is 1. The molecule has 0 spiro atoms. The van der Waals surface area contributed by atoms with E-state index in [4.69, 9.17) is 9.47 Å². The average Bonchev–Trinajstić information content (AvgIpc) is 2.74. The van der Waals surface area contributed by atoms with Crippen LogP contribution in [0.1, 0.15) is 34.1 Å². The Morgan fingerprint density at radius 2 is 2.24 bits per heavy atom. The molecule has 1 aliphatic rings. The molecule has 1 aliphatic heterocycles. The SMILES string of the molecule is CCOC(=O)c1[nH]nc2c1CCOc1cc(C)cc(C)c1-2. The third-order valence-electron chi connectivity index (χ3n) is 3.64. The van der Waals surface area contributed by atoms with Gasteiger partial charge in [-0.05, 0) is 38.0 Å². The number of aryl methyl sites for hydroxylation is 2. The molecule has 2 heterocycles. The van der Waals surface area contributed by atoms with E-state index in [1.54, 1.807) is 6.92 Å². The predicted molar refractivity (Wildman–Crippen MR) is 78.7 cm³/mol. The topological polar surface area (TPSA) is 64.2 Å². The minimum atomic E-state index is -0.362. The van der Waals surface area contributed by atoms with Gasteiger partial charge >= 0.3 is 5.97 Å². The number of nitrogens with zero attached hydrogens (tertiary/aromatic N) is 1. The molecule has 1 N–H and O–H groups in total. The van der Waals surface area contributed by atoms with Crippen LogP contribution in [0.15, 0.2) is 12.1 Å². The second-order valence-corrected chi connectivity index (χ2v) is 5.20. The zero-order valence-electron chi connectivity index (χ0n) is 12.4. The Bertz CT molecular complexity index is 704. The Kier molecular flexibility index (Phi) is 3.41. The summed E-state index contributed by atoms with van der Waals surface area (Å²) in [5.41, 5.74) is 5.30. The molecule has 0 saturated carbocycles. The van der Waals surface area contributed by atoms with E-state index in [2.05, 4.69) is 16.3 Å². The Morgan fingerprint density at radius 1 is 1.43 bits per heavy atom. The van der Waals surface area contributed by atoms with Crippen molar-refractivity contribution in [2.45, 2.75) is 27.2 Å². The molecule has 1 aromatic carbocycles. The van der Waals surface area contributed by atoms with Gasteiger partial charge in [0.25, 0.3) is 0 Å². The number of fused-ring (bicyclic) bond motifs is 3. The minimum absolute atomic E-state index is 0.345. The lowest BCUT2D eigenvalue weighted by molar-refractivity contribution is 0.0518. The van der Waals surface area contributed by atoms with Crippen LogP contribution in [0.5, 0.6) is 5.75 Å². The van der Waals surface area contributed by atoms with Crippen molar-refractivity contribution >= 4 is 5.97 Å². The molecule has 110 valence electrons. The van der Waals surface area contributed by atoms with E-state index in [-0.39, 0.29) is 5.97 Å². The maximum absolute atomic E-state index is 12.0. The van der Waals surface area contributed by atoms with Crippen molar-refractivity contribution in [2.75, 3.05) is 13.2 Å². The minimum Gasteiger partial charge on any atom is -0.493 e. The average molecular weight is 286 g/mol. The smallest absolute Gasteiger partial charge is 0.356 e. The van der Waals surface area contributed by atoms with Gasteiger partial charge in [-0.15, -0.1) is 0 Å². The van der Waals surface area contributed by atoms with Crippen LogP contribution in [0.25, 0.3) is 11.3 Å². The first-order valence-corrected chi connectivity index (χ1v) is 7.10. The van der Waals surface area contributed by atoms with Crippen molar-refractivity contribution in [1.29, 1.82) is 0 Å². The number of ether oxygens (including phenoxy) is 2. The van der Waals surface area contributed by atoms with Crippen LogP contribution in [0.4, 0.5) is 0 Å². The van der Waals surface area contributed by atoms with Gasteiger partial charge in [-0.1, -0.05) is 6.07 Å². The molecule has 0 saturated heterocycles. The van der Waals surface area contributed by atoms with Gasteiger partial charge in [0, 0.05) is 17.5 Å². The highest BCUT2D eigenvalue weighted by atomic mass is 16.5. The van der Waals surface area contributed by atoms with Gasteiger partial charge in [-0.3, -0.25) is 5.10 Å². The number of carbonyl (C=O) groups excluding carboxylic acids is 1. The number of H-pyrrole nitrogens is 1. The predicted octanol–water partition coefficient (Wildman–Crippen LogP) is 2.81. The molecule has 5 heteroatoms. The van der Waals surface area contributed by atoms with Gasteiger partial charge in [0.05, 0.1) is 13.2 Å². The van der Waals surface area contributed by atoms with Crippen LogP contribution in [0.3, 0.4) is 0 Å². The van der Waals surface area contributed by atoms with Crippen LogP contribution in [0.2, 0.25) is 0 Å². The van der Waals surface area contributed by atoms with Crippen LogP contribution >= 0.6 is 0 Å². The monoisotopic (exact) mass is 286 g/mol. The third-order valence-corrected chi connectivity index (χ3v) is 3.64. The van der Waals surface area contributed by atoms with Crippen LogP contribution < -0.4 is 4.74 Å². The molecule has 3 rings (SSSR count). The first-order valence-electron chi connectivity index (χ1n) is 7.10. The van der Waals surface area contributed by atoms with Gasteiger partial charge in [0.15, 0.2) is 0 Å². The van der Waals surface area contributed by atoms with Gasteiger partial charge in [-0.2, -0.15) is 5.10 Å². The summed E-state index contributed by atoms with van der Waals surface area (Å²) < 4.78 is 10.9. The number of nitrogens with one attached hydrogen (secondary N) is 1. The van der Waals surface area contributed by atoms with Crippen LogP contribution in [-0.4, -0.2) is 29.4 Å². The fourth-order valence-electron chi connectivity index (χ4n) is 2.80. The molecule has 5 nitrogen and oxygen atoms in total. The molecular formula is C16H18N2O3. The maximum atomic E-state index is 12.0. The van der Waals surface area contributed by atoms with Crippen molar-refractivity contribution in [3.63, 3.8) is 0 Å². The number of rotatable bonds is 2. The Morgan fingerprint density at radius 3 is 3.00 bits per heavy atom. The summed E-state index contributed by atoms with van der Waals surface area (Å²) >= 11 is 0. The molecular weight excluding hydrogens is 268 g/mol. The van der Waals surface area contributed by atoms with Gasteiger partial charge < -0.3 is 9.47 Å². The van der Waals surface area contributed by atoms with E-state index in [9.17, 15) is 4.79 Å². The van der Waals surface area contributed by atoms with E-state index in [1.165, 1.54) is 0 Å². The normalized spacial score (nSPS) is 12.9. The number of carbonyl (C=O) groups is 1. The number of esters is 1. The van der Waals surface area contributed by atoms with Gasteiger partial charge in [0.1, 0.15) is 17.1 Å². The largest absolute Gasteiger partial charge is 0.493 e. The van der Waals surface area contributed by atoms with Crippen LogP contribution in [0, 0.1) is 13.8 Å². The molecule has 0 aliphatic carbocycles. The zero-order chi connectivity index (χ0) is 15.0. The molecule has 0 fully saturated rings. The Labute approximate surface area is 123 Å². The zero-order valence-corrected chi connectivity index (χ0v) is 12.4. The van der Waals surface area contributed by atoms with Crippen molar-refractivity contribution in [1.82, 2.24) is 10.2 Å². The maximum Gasteiger partial charge on any atom is 0.356 e. The first kappa shape index (κ1) is 13.7. The van der Waals surface area contributed by atoms with E-state index in [0.29, 0.717) is 25.3 Å². The molecule has 0 atom stereocenters. The summed E-state index contributed by atoms with van der Waals surface area (Å²) in [7, 11) is 0. The number of benzene rings is 1. The van der Waals surface area contributed by atoms with Gasteiger partial charge in [0.2, 0.25) is 0 Å². The standard InChI is InChI=1S/C16H18N2O3/c1-4-20-16(19)15-11-5-6-21-12-8-9(2)7-10(3)13(12)14(11)17-18-15/h7-8H,4-6H2,1-3H3,(H,17,18). The van der Waals surface area contributed by atoms with Crippen molar-refractivity contribution in [2.24, 2.45) is 0 Å². The number of aromatic nitrogens is 2. The number of hydrogen-bond acceptors (Lipinski definition) is 4. The Hall–Kier alpha value is -2.30. The van der Waals surface area contributed by atoms with E-state index < -0.39 is 0 Å². The molecule has 0 unspecified atom stereocenters. The summed E-state index contributed by atoms with van der Waals surface area (Å²) in [4.78, 5) is 12.0. The van der Waals surface area contributed by atoms with Crippen molar-refractivity contribution in [3.8, 4) is 17.0 Å². The van der Waals surface area contributed by atoms with Gasteiger partial charge in [-0.25, -0.2) is 4.79 Å². The summed E-state index contributed by atoms with van der Waals surface area (Å²) in [5.74, 6) is 0.465. The quantitative estimate of drug-likeness (QED) is 0.862. The van der Waals surface area contributed by atoms with E-state index >= 15 is 0 Å². The van der Waals surface area contributed by atoms with Crippen molar-refractivity contribution < 1.29 is 14.3 Å². The van der Waals surface area contributed by atoms with E-state index in [0.717, 1.165) is 33.7 Å². The summed E-state index contributed by atoms with van der Waals surface area (Å²) in [6.07, 6.45) is 0.632. The highest BCUT2D eigenvalue weighted by molar-refractivity contribution is 5.92. The molecule has 2 aromatic rings. The lowest BCUT2D eigenvalue weighted by Gasteiger charge is -2.10. The fourth-order valence-corrected chi connectivity index (χ4v) is 2.80. The third kappa shape index (κ3) is 2.28. The molecule has 0 bridgehead atoms.